The maximum absolute atomic E-state index is 5.53. The van der Waals surface area contributed by atoms with E-state index in [4.69, 9.17) is 21.7 Å². The molecule has 0 bridgehead atoms. The molecule has 0 radical (unpaired) electrons. The van der Waals surface area contributed by atoms with Gasteiger partial charge in [-0.15, -0.1) is 0 Å². The van der Waals surface area contributed by atoms with Crippen molar-refractivity contribution in [3.05, 3.63) is 18.2 Å². The normalized spacial score (nSPS) is 18.6. The summed E-state index contributed by atoms with van der Waals surface area (Å²) in [5.74, 6) is 1.50. The van der Waals surface area contributed by atoms with Gasteiger partial charge in [0.15, 0.2) is 5.11 Å². The Hall–Kier alpha value is -1.49. The Balaban J connectivity index is 2.10. The predicted octanol–water partition coefficient (Wildman–Crippen LogP) is 3.28. The highest BCUT2D eigenvalue weighted by atomic mass is 32.1. The molecule has 1 saturated heterocycles. The highest BCUT2D eigenvalue weighted by molar-refractivity contribution is 7.80. The molecule has 20 heavy (non-hydrogen) atoms. The second-order valence-electron chi connectivity index (χ2n) is 5.03. The number of benzene rings is 1. The molecule has 1 N–H and O–H groups in total. The van der Waals surface area contributed by atoms with Gasteiger partial charge in [0.25, 0.3) is 0 Å². The first-order chi connectivity index (χ1) is 9.65. The zero-order valence-electron chi connectivity index (χ0n) is 12.3. The van der Waals surface area contributed by atoms with Crippen LogP contribution in [0.4, 0.5) is 5.69 Å². The maximum atomic E-state index is 5.53. The van der Waals surface area contributed by atoms with Crippen molar-refractivity contribution in [2.24, 2.45) is 0 Å². The van der Waals surface area contributed by atoms with Gasteiger partial charge >= 0.3 is 0 Å². The van der Waals surface area contributed by atoms with Crippen LogP contribution in [0.5, 0.6) is 11.5 Å². The van der Waals surface area contributed by atoms with Gasteiger partial charge in [0.1, 0.15) is 11.5 Å². The summed E-state index contributed by atoms with van der Waals surface area (Å²) in [6, 6.07) is 6.17. The molecule has 4 nitrogen and oxygen atoms in total. The molecule has 5 heteroatoms. The molecule has 1 heterocycles. The molecular formula is C15H22N2O2S. The minimum absolute atomic E-state index is 0.494. The van der Waals surface area contributed by atoms with Gasteiger partial charge in [-0.3, -0.25) is 0 Å². The van der Waals surface area contributed by atoms with Crippen LogP contribution in [-0.4, -0.2) is 36.8 Å². The number of ether oxygens (including phenoxy) is 2. The van der Waals surface area contributed by atoms with E-state index in [-0.39, 0.29) is 0 Å². The van der Waals surface area contributed by atoms with Crippen LogP contribution in [0, 0.1) is 0 Å². The second kappa shape index (κ2) is 6.79. The van der Waals surface area contributed by atoms with Crippen LogP contribution in [0.2, 0.25) is 0 Å². The summed E-state index contributed by atoms with van der Waals surface area (Å²) in [5.41, 5.74) is 0.871. The van der Waals surface area contributed by atoms with Crippen LogP contribution >= 0.6 is 12.2 Å². The average Bonchev–Trinajstić information content (AvgIpc) is 2.48. The first-order valence-corrected chi connectivity index (χ1v) is 7.36. The number of likely N-dealkylation sites (tertiary alicyclic amines) is 1. The third-order valence-electron chi connectivity index (χ3n) is 3.71. The van der Waals surface area contributed by atoms with Crippen LogP contribution < -0.4 is 14.8 Å². The van der Waals surface area contributed by atoms with Gasteiger partial charge in [-0.2, -0.15) is 0 Å². The number of rotatable bonds is 3. The highest BCUT2D eigenvalue weighted by Gasteiger charge is 2.21. The van der Waals surface area contributed by atoms with Gasteiger partial charge in [-0.05, 0) is 50.5 Å². The van der Waals surface area contributed by atoms with E-state index < -0.39 is 0 Å². The Morgan fingerprint density at radius 3 is 2.75 bits per heavy atom. The van der Waals surface area contributed by atoms with Gasteiger partial charge in [0.2, 0.25) is 0 Å². The maximum Gasteiger partial charge on any atom is 0.173 e. The number of hydrogen-bond acceptors (Lipinski definition) is 3. The fourth-order valence-corrected chi connectivity index (χ4v) is 2.87. The number of anilines is 1. The van der Waals surface area contributed by atoms with E-state index in [1.54, 1.807) is 14.2 Å². The summed E-state index contributed by atoms with van der Waals surface area (Å²) >= 11 is 5.53. The van der Waals surface area contributed by atoms with E-state index in [2.05, 4.69) is 17.1 Å². The zero-order valence-corrected chi connectivity index (χ0v) is 13.1. The minimum Gasteiger partial charge on any atom is -0.497 e. The zero-order chi connectivity index (χ0) is 14.5. The van der Waals surface area contributed by atoms with Crippen molar-refractivity contribution in [2.45, 2.75) is 32.2 Å². The van der Waals surface area contributed by atoms with Crippen LogP contribution in [-0.2, 0) is 0 Å². The summed E-state index contributed by atoms with van der Waals surface area (Å²) in [6.45, 7) is 3.24. The topological polar surface area (TPSA) is 33.7 Å². The van der Waals surface area contributed by atoms with Crippen molar-refractivity contribution in [3.63, 3.8) is 0 Å². The van der Waals surface area contributed by atoms with Gasteiger partial charge in [-0.1, -0.05) is 0 Å². The molecule has 0 saturated carbocycles. The molecule has 1 aliphatic rings. The van der Waals surface area contributed by atoms with Gasteiger partial charge in [-0.25, -0.2) is 0 Å². The van der Waals surface area contributed by atoms with Gasteiger partial charge < -0.3 is 19.7 Å². The first-order valence-electron chi connectivity index (χ1n) is 6.95. The number of nitrogens with one attached hydrogen (secondary N) is 1. The largest absolute Gasteiger partial charge is 0.497 e. The fraction of sp³-hybridized carbons (Fsp3) is 0.533. The smallest absolute Gasteiger partial charge is 0.173 e. The highest BCUT2D eigenvalue weighted by Crippen LogP contribution is 2.29. The van der Waals surface area contributed by atoms with Gasteiger partial charge in [0, 0.05) is 18.7 Å². The molecule has 2 rings (SSSR count). The fourth-order valence-electron chi connectivity index (χ4n) is 2.49. The molecule has 0 amide bonds. The molecule has 0 unspecified atom stereocenters. The van der Waals surface area contributed by atoms with Crippen molar-refractivity contribution in [3.8, 4) is 11.5 Å². The average molecular weight is 294 g/mol. The first kappa shape index (κ1) is 14.9. The monoisotopic (exact) mass is 294 g/mol. The van der Waals surface area contributed by atoms with Crippen LogP contribution in [0.3, 0.4) is 0 Å². The quantitative estimate of drug-likeness (QED) is 0.865. The summed E-state index contributed by atoms with van der Waals surface area (Å²) in [4.78, 5) is 2.25. The number of nitrogens with zero attached hydrogens (tertiary/aromatic N) is 1. The van der Waals surface area contributed by atoms with Crippen molar-refractivity contribution in [1.29, 1.82) is 0 Å². The molecule has 0 aromatic heterocycles. The van der Waals surface area contributed by atoms with Crippen molar-refractivity contribution in [2.75, 3.05) is 26.1 Å². The molecule has 1 atom stereocenters. The molecule has 1 aromatic carbocycles. The molecular weight excluding hydrogens is 272 g/mol. The minimum atomic E-state index is 0.494. The van der Waals surface area contributed by atoms with E-state index >= 15 is 0 Å². The number of piperidine rings is 1. The number of hydrogen-bond donors (Lipinski definition) is 1. The molecule has 1 aliphatic heterocycles. The lowest BCUT2D eigenvalue weighted by Crippen LogP contribution is -2.44. The summed E-state index contributed by atoms with van der Waals surface area (Å²) in [5, 5.41) is 4.05. The molecule has 0 aliphatic carbocycles. The second-order valence-corrected chi connectivity index (χ2v) is 5.42. The summed E-state index contributed by atoms with van der Waals surface area (Å²) in [7, 11) is 3.29. The lowest BCUT2D eigenvalue weighted by Gasteiger charge is -2.35. The summed E-state index contributed by atoms with van der Waals surface area (Å²) < 4.78 is 10.6. The Morgan fingerprint density at radius 1 is 1.30 bits per heavy atom. The molecule has 1 aromatic rings. The van der Waals surface area contributed by atoms with Crippen LogP contribution in [0.15, 0.2) is 18.2 Å². The Kier molecular flexibility index (Phi) is 5.06. The van der Waals surface area contributed by atoms with Crippen LogP contribution in [0.25, 0.3) is 0 Å². The molecule has 0 spiro atoms. The van der Waals surface area contributed by atoms with Crippen molar-refractivity contribution >= 4 is 23.0 Å². The van der Waals surface area contributed by atoms with E-state index in [0.717, 1.165) is 28.8 Å². The third-order valence-corrected chi connectivity index (χ3v) is 4.05. The van der Waals surface area contributed by atoms with E-state index in [9.17, 15) is 0 Å². The predicted molar refractivity (Wildman–Crippen MR) is 85.8 cm³/mol. The van der Waals surface area contributed by atoms with E-state index in [1.165, 1.54) is 19.3 Å². The number of methoxy groups -OCH3 is 2. The van der Waals surface area contributed by atoms with Crippen molar-refractivity contribution < 1.29 is 9.47 Å². The SMILES string of the molecule is COc1ccc(NC(=S)N2CCCC[C@@H]2C)c(OC)c1. The molecule has 1 fully saturated rings. The molecule has 110 valence electrons. The lowest BCUT2D eigenvalue weighted by atomic mass is 10.0. The van der Waals surface area contributed by atoms with Gasteiger partial charge in [0.05, 0.1) is 19.9 Å². The Bertz CT molecular complexity index is 479. The lowest BCUT2D eigenvalue weighted by molar-refractivity contribution is 0.262. The Morgan fingerprint density at radius 2 is 2.10 bits per heavy atom. The Labute approximate surface area is 126 Å². The summed E-state index contributed by atoms with van der Waals surface area (Å²) in [6.07, 6.45) is 3.68. The number of thiocarbonyl (C=S) groups is 1. The van der Waals surface area contributed by atoms with E-state index in [1.807, 2.05) is 18.2 Å². The standard InChI is InChI=1S/C15H22N2O2S/c1-11-6-4-5-9-17(11)15(20)16-13-8-7-12(18-2)10-14(13)19-3/h7-8,10-11H,4-6,9H2,1-3H3,(H,16,20)/t11-/m0/s1. The third kappa shape index (κ3) is 3.33. The van der Waals surface area contributed by atoms with E-state index in [0.29, 0.717) is 6.04 Å². The van der Waals surface area contributed by atoms with Crippen molar-refractivity contribution in [1.82, 2.24) is 4.90 Å². The van der Waals surface area contributed by atoms with Crippen LogP contribution in [0.1, 0.15) is 26.2 Å².